The highest BCUT2D eigenvalue weighted by Crippen LogP contribution is 2.24. The highest BCUT2D eigenvalue weighted by Gasteiger charge is 2.20. The number of hydrogen-bond acceptors (Lipinski definition) is 5. The van der Waals surface area contributed by atoms with Gasteiger partial charge >= 0.3 is 0 Å². The predicted octanol–water partition coefficient (Wildman–Crippen LogP) is 1.06. The molecule has 5 nitrogen and oxygen atoms in total. The third-order valence-corrected chi connectivity index (χ3v) is 4.60. The molecule has 0 aliphatic rings. The molecule has 0 fully saturated rings. The second kappa shape index (κ2) is 4.48. The van der Waals surface area contributed by atoms with Crippen LogP contribution in [0.5, 0.6) is 0 Å². The topological polar surface area (TPSA) is 85.1 Å². The number of halogens is 1. The number of nitrogens with two attached hydrogens (primary N) is 1. The Morgan fingerprint density at radius 1 is 1.73 bits per heavy atom. The SMILES string of the molecule is C=C(Cl)CNS(=O)(=O)c1sc(N)nc1C. The van der Waals surface area contributed by atoms with Gasteiger partial charge in [-0.05, 0) is 6.92 Å². The van der Waals surface area contributed by atoms with Crippen molar-refractivity contribution in [1.29, 1.82) is 0 Å². The van der Waals surface area contributed by atoms with Gasteiger partial charge < -0.3 is 5.73 Å². The van der Waals surface area contributed by atoms with Crippen molar-refractivity contribution in [2.24, 2.45) is 0 Å². The fourth-order valence-corrected chi connectivity index (χ4v) is 3.40. The van der Waals surface area contributed by atoms with E-state index < -0.39 is 10.0 Å². The number of nitrogen functional groups attached to an aromatic ring is 1. The molecule has 0 aliphatic carbocycles. The van der Waals surface area contributed by atoms with Crippen LogP contribution in [0.3, 0.4) is 0 Å². The van der Waals surface area contributed by atoms with Gasteiger partial charge in [0.25, 0.3) is 10.0 Å². The molecule has 0 atom stereocenters. The number of nitrogens with one attached hydrogen (secondary N) is 1. The van der Waals surface area contributed by atoms with Gasteiger partial charge in [-0.1, -0.05) is 29.5 Å². The number of hydrogen-bond donors (Lipinski definition) is 2. The summed E-state index contributed by atoms with van der Waals surface area (Å²) in [4.78, 5) is 3.83. The molecule has 1 aromatic heterocycles. The number of rotatable bonds is 4. The maximum absolute atomic E-state index is 11.7. The fourth-order valence-electron chi connectivity index (χ4n) is 0.891. The smallest absolute Gasteiger partial charge is 0.252 e. The van der Waals surface area contributed by atoms with E-state index in [0.29, 0.717) is 5.69 Å². The molecule has 84 valence electrons. The number of nitrogens with zero attached hydrogens (tertiary/aromatic N) is 1. The van der Waals surface area contributed by atoms with Crippen LogP contribution in [0, 0.1) is 6.92 Å². The molecule has 1 rings (SSSR count). The third-order valence-electron chi connectivity index (χ3n) is 1.47. The van der Waals surface area contributed by atoms with Gasteiger partial charge in [-0.15, -0.1) is 0 Å². The Hall–Kier alpha value is -0.630. The zero-order valence-electron chi connectivity index (χ0n) is 7.95. The molecule has 0 saturated heterocycles. The van der Waals surface area contributed by atoms with Crippen LogP contribution in [-0.4, -0.2) is 19.9 Å². The summed E-state index contributed by atoms with van der Waals surface area (Å²) < 4.78 is 25.7. The molecule has 0 aromatic carbocycles. The number of aromatic nitrogens is 1. The van der Waals surface area contributed by atoms with Crippen molar-refractivity contribution < 1.29 is 8.42 Å². The predicted molar refractivity (Wildman–Crippen MR) is 61.4 cm³/mol. The molecule has 0 radical (unpaired) electrons. The van der Waals surface area contributed by atoms with E-state index in [-0.39, 0.29) is 20.9 Å². The molecule has 0 unspecified atom stereocenters. The Morgan fingerprint density at radius 2 is 2.33 bits per heavy atom. The Balaban J connectivity index is 2.96. The molecule has 0 aliphatic heterocycles. The lowest BCUT2D eigenvalue weighted by Crippen LogP contribution is -2.24. The lowest BCUT2D eigenvalue weighted by molar-refractivity contribution is 0.586. The van der Waals surface area contributed by atoms with Gasteiger partial charge in [-0.3, -0.25) is 0 Å². The summed E-state index contributed by atoms with van der Waals surface area (Å²) in [5.74, 6) is 0. The van der Waals surface area contributed by atoms with Gasteiger partial charge in [0.15, 0.2) is 9.34 Å². The summed E-state index contributed by atoms with van der Waals surface area (Å²) in [6, 6.07) is 0. The Bertz CT molecular complexity index is 480. The van der Waals surface area contributed by atoms with E-state index in [9.17, 15) is 8.42 Å². The van der Waals surface area contributed by atoms with Gasteiger partial charge in [0.05, 0.1) is 5.69 Å². The van der Waals surface area contributed by atoms with Gasteiger partial charge in [-0.25, -0.2) is 18.1 Å². The van der Waals surface area contributed by atoms with Crippen molar-refractivity contribution in [3.8, 4) is 0 Å². The minimum Gasteiger partial charge on any atom is -0.375 e. The molecular formula is C7H10ClN3O2S2. The summed E-state index contributed by atoms with van der Waals surface area (Å²) in [5, 5.41) is 0.436. The van der Waals surface area contributed by atoms with Crippen LogP contribution in [0.4, 0.5) is 5.13 Å². The van der Waals surface area contributed by atoms with Crippen LogP contribution in [0.1, 0.15) is 5.69 Å². The Morgan fingerprint density at radius 3 is 2.73 bits per heavy atom. The largest absolute Gasteiger partial charge is 0.375 e. The molecule has 8 heteroatoms. The monoisotopic (exact) mass is 267 g/mol. The van der Waals surface area contributed by atoms with Crippen LogP contribution < -0.4 is 10.5 Å². The van der Waals surface area contributed by atoms with Crippen molar-refractivity contribution in [3.05, 3.63) is 17.3 Å². The van der Waals surface area contributed by atoms with E-state index in [1.54, 1.807) is 6.92 Å². The molecule has 3 N–H and O–H groups in total. The van der Waals surface area contributed by atoms with E-state index in [1.165, 1.54) is 0 Å². The first-order valence-electron chi connectivity index (χ1n) is 3.89. The van der Waals surface area contributed by atoms with Crippen molar-refractivity contribution in [1.82, 2.24) is 9.71 Å². The zero-order chi connectivity index (χ0) is 11.6. The van der Waals surface area contributed by atoms with E-state index in [2.05, 4.69) is 16.3 Å². The first kappa shape index (κ1) is 12.4. The zero-order valence-corrected chi connectivity index (χ0v) is 10.3. The molecule has 0 spiro atoms. The van der Waals surface area contributed by atoms with Crippen LogP contribution >= 0.6 is 22.9 Å². The first-order chi connectivity index (χ1) is 6.83. The van der Waals surface area contributed by atoms with Gasteiger partial charge in [0.1, 0.15) is 0 Å². The third kappa shape index (κ3) is 3.16. The van der Waals surface area contributed by atoms with Gasteiger partial charge in [0.2, 0.25) is 0 Å². The first-order valence-corrected chi connectivity index (χ1v) is 6.56. The second-order valence-electron chi connectivity index (χ2n) is 2.77. The molecule has 1 aromatic rings. The highest BCUT2D eigenvalue weighted by atomic mass is 35.5. The van der Waals surface area contributed by atoms with Crippen LogP contribution in [0.15, 0.2) is 15.8 Å². The Labute approximate surface area is 97.0 Å². The Kier molecular flexibility index (Phi) is 3.72. The summed E-state index contributed by atoms with van der Waals surface area (Å²) >= 11 is 6.37. The van der Waals surface area contributed by atoms with Crippen molar-refractivity contribution in [3.63, 3.8) is 0 Å². The standard InChI is InChI=1S/C7H10ClN3O2S2/c1-4(8)3-10-15(12,13)6-5(2)11-7(9)14-6/h10H,1,3H2,2H3,(H2,9,11). The van der Waals surface area contributed by atoms with Crippen LogP contribution in [-0.2, 0) is 10.0 Å². The van der Waals surface area contributed by atoms with Crippen LogP contribution in [0.25, 0.3) is 0 Å². The molecular weight excluding hydrogens is 258 g/mol. The lowest BCUT2D eigenvalue weighted by Gasteiger charge is -2.03. The average Bonchev–Trinajstić information content (AvgIpc) is 2.43. The summed E-state index contributed by atoms with van der Waals surface area (Å²) in [6.07, 6.45) is 0. The van der Waals surface area contributed by atoms with Crippen molar-refractivity contribution in [2.75, 3.05) is 12.3 Å². The summed E-state index contributed by atoms with van der Waals surface area (Å²) in [5.41, 5.74) is 5.78. The number of aryl methyl sites for hydroxylation is 1. The molecule has 0 bridgehead atoms. The maximum Gasteiger partial charge on any atom is 0.252 e. The normalized spacial score (nSPS) is 11.6. The van der Waals surface area contributed by atoms with E-state index in [4.69, 9.17) is 17.3 Å². The quantitative estimate of drug-likeness (QED) is 0.854. The van der Waals surface area contributed by atoms with E-state index in [1.807, 2.05) is 0 Å². The number of thiazole rings is 1. The summed E-state index contributed by atoms with van der Waals surface area (Å²) in [6.45, 7) is 4.95. The van der Waals surface area contributed by atoms with Gasteiger partial charge in [0, 0.05) is 11.6 Å². The molecule has 15 heavy (non-hydrogen) atoms. The van der Waals surface area contributed by atoms with Crippen LogP contribution in [0.2, 0.25) is 0 Å². The molecule has 1 heterocycles. The highest BCUT2D eigenvalue weighted by molar-refractivity contribution is 7.91. The molecule has 0 amide bonds. The van der Waals surface area contributed by atoms with Gasteiger partial charge in [-0.2, -0.15) is 0 Å². The molecule has 0 saturated carbocycles. The fraction of sp³-hybridized carbons (Fsp3) is 0.286. The van der Waals surface area contributed by atoms with E-state index >= 15 is 0 Å². The van der Waals surface area contributed by atoms with E-state index in [0.717, 1.165) is 11.3 Å². The second-order valence-corrected chi connectivity index (χ2v) is 6.29. The average molecular weight is 268 g/mol. The lowest BCUT2D eigenvalue weighted by atomic mass is 10.6. The van der Waals surface area contributed by atoms with Crippen molar-refractivity contribution >= 4 is 38.1 Å². The minimum atomic E-state index is -3.58. The number of anilines is 1. The number of sulfonamides is 1. The maximum atomic E-state index is 11.7. The van der Waals surface area contributed by atoms with Crippen molar-refractivity contribution in [2.45, 2.75) is 11.1 Å². The minimum absolute atomic E-state index is 0.0128. The summed E-state index contributed by atoms with van der Waals surface area (Å²) in [7, 11) is -3.58.